The lowest BCUT2D eigenvalue weighted by Crippen LogP contribution is -2.38. The molecule has 1 aliphatic rings. The number of β-amino-alcohol motifs (C(OH)–C–C–N with tert-alkyl or cyclic N) is 1. The zero-order valence-corrected chi connectivity index (χ0v) is 14.0. The normalized spacial score (nSPS) is 19.7. The average molecular weight is 355 g/mol. The molecule has 3 N–H and O–H groups in total. The molecule has 1 aromatic rings. The van der Waals surface area contributed by atoms with E-state index in [1.807, 2.05) is 6.92 Å². The maximum absolute atomic E-state index is 12.0. The maximum Gasteiger partial charge on any atom is 0.353 e. The number of unbranched alkanes of at least 4 members (excludes halogenated alkanes) is 1. The van der Waals surface area contributed by atoms with Crippen LogP contribution in [0.4, 0.5) is 17.3 Å². The first-order valence-electron chi connectivity index (χ1n) is 7.86. The smallest absolute Gasteiger partial charge is 0.353 e. The fraction of sp³-hybridized carbons (Fsp3) is 0.643. The van der Waals surface area contributed by atoms with Crippen molar-refractivity contribution in [1.29, 1.82) is 0 Å². The van der Waals surface area contributed by atoms with Crippen molar-refractivity contribution >= 4 is 23.3 Å². The van der Waals surface area contributed by atoms with Gasteiger partial charge in [-0.05, 0) is 6.42 Å². The molecule has 1 fully saturated rings. The van der Waals surface area contributed by atoms with Gasteiger partial charge in [0, 0.05) is 13.0 Å². The van der Waals surface area contributed by atoms with E-state index in [4.69, 9.17) is 15.2 Å². The average Bonchev–Trinajstić information content (AvgIpc) is 2.95. The summed E-state index contributed by atoms with van der Waals surface area (Å²) in [5.74, 6) is -1.17. The van der Waals surface area contributed by atoms with E-state index >= 15 is 0 Å². The number of aliphatic hydroxyl groups excluding tert-OH is 1. The third kappa shape index (κ3) is 4.05. The molecule has 1 saturated heterocycles. The summed E-state index contributed by atoms with van der Waals surface area (Å²) in [6, 6.07) is -1.02. The molecule has 0 amide bonds. The first-order chi connectivity index (χ1) is 11.9. The zero-order chi connectivity index (χ0) is 18.6. The summed E-state index contributed by atoms with van der Waals surface area (Å²) < 4.78 is 10.1. The summed E-state index contributed by atoms with van der Waals surface area (Å²) >= 11 is 0. The first kappa shape index (κ1) is 18.6. The molecule has 2 atom stereocenters. The summed E-state index contributed by atoms with van der Waals surface area (Å²) in [4.78, 5) is 31.8. The van der Waals surface area contributed by atoms with Crippen LogP contribution in [0, 0.1) is 10.1 Å². The van der Waals surface area contributed by atoms with Crippen molar-refractivity contribution in [2.75, 3.05) is 30.9 Å². The van der Waals surface area contributed by atoms with Crippen LogP contribution in [-0.2, 0) is 9.53 Å². The summed E-state index contributed by atoms with van der Waals surface area (Å²) in [7, 11) is 1.20. The number of rotatable bonds is 7. The first-order valence-corrected chi connectivity index (χ1v) is 7.86. The molecule has 0 radical (unpaired) electrons. The Morgan fingerprint density at radius 3 is 2.84 bits per heavy atom. The van der Waals surface area contributed by atoms with Crippen molar-refractivity contribution in [1.82, 2.24) is 9.97 Å². The largest absolute Gasteiger partial charge is 0.467 e. The van der Waals surface area contributed by atoms with Crippen molar-refractivity contribution in [3.05, 3.63) is 10.1 Å². The molecule has 0 aromatic carbocycles. The third-order valence-corrected chi connectivity index (χ3v) is 3.81. The summed E-state index contributed by atoms with van der Waals surface area (Å²) in [5.41, 5.74) is 5.17. The number of nitro groups is 1. The Bertz CT molecular complexity index is 655. The lowest BCUT2D eigenvalue weighted by Gasteiger charge is -2.23. The highest BCUT2D eigenvalue weighted by molar-refractivity contribution is 5.83. The Morgan fingerprint density at radius 2 is 2.24 bits per heavy atom. The van der Waals surface area contributed by atoms with Gasteiger partial charge in [0.05, 0.1) is 24.7 Å². The molecule has 11 heteroatoms. The summed E-state index contributed by atoms with van der Waals surface area (Å²) in [6.07, 6.45) is 0.852. The minimum atomic E-state index is -0.906. The number of carbonyl (C=O) groups is 1. The fourth-order valence-electron chi connectivity index (χ4n) is 2.59. The van der Waals surface area contributed by atoms with Crippen molar-refractivity contribution in [2.45, 2.75) is 38.3 Å². The molecule has 25 heavy (non-hydrogen) atoms. The van der Waals surface area contributed by atoms with Crippen LogP contribution in [0.15, 0.2) is 0 Å². The van der Waals surface area contributed by atoms with E-state index in [0.717, 1.165) is 12.8 Å². The fourth-order valence-corrected chi connectivity index (χ4v) is 2.59. The lowest BCUT2D eigenvalue weighted by molar-refractivity contribution is -0.383. The predicted molar refractivity (Wildman–Crippen MR) is 87.3 cm³/mol. The minimum Gasteiger partial charge on any atom is -0.467 e. The van der Waals surface area contributed by atoms with Gasteiger partial charge in [0.2, 0.25) is 11.6 Å². The number of aliphatic hydroxyl groups is 1. The molecular formula is C14H21N5O6. The highest BCUT2D eigenvalue weighted by atomic mass is 16.6. The second-order valence-corrected chi connectivity index (χ2v) is 5.60. The molecule has 1 aromatic heterocycles. The standard InChI is InChI=1S/C14H21N5O6/c1-3-4-5-25-14-16-11(15)10(19(22)23)12(17-14)18-7-8(20)6-9(18)13(21)24-2/h8-9,20H,3-7H2,1-2H3,(H2,15,16,17)/t8-,9+/m1/s1. The zero-order valence-electron chi connectivity index (χ0n) is 14.0. The van der Waals surface area contributed by atoms with Crippen LogP contribution < -0.4 is 15.4 Å². The van der Waals surface area contributed by atoms with E-state index in [2.05, 4.69) is 9.97 Å². The molecule has 0 spiro atoms. The Morgan fingerprint density at radius 1 is 1.52 bits per heavy atom. The minimum absolute atomic E-state index is 0.0224. The molecular weight excluding hydrogens is 334 g/mol. The Hall–Kier alpha value is -2.69. The van der Waals surface area contributed by atoms with Gasteiger partial charge in [-0.25, -0.2) is 4.79 Å². The van der Waals surface area contributed by atoms with Crippen LogP contribution >= 0.6 is 0 Å². The third-order valence-electron chi connectivity index (χ3n) is 3.81. The lowest BCUT2D eigenvalue weighted by atomic mass is 10.2. The second-order valence-electron chi connectivity index (χ2n) is 5.60. The van der Waals surface area contributed by atoms with Gasteiger partial charge in [0.15, 0.2) is 0 Å². The number of hydrogen-bond donors (Lipinski definition) is 2. The Balaban J connectivity index is 2.45. The van der Waals surface area contributed by atoms with Gasteiger partial charge in [-0.15, -0.1) is 0 Å². The van der Waals surface area contributed by atoms with Gasteiger partial charge in [-0.3, -0.25) is 10.1 Å². The van der Waals surface area contributed by atoms with Crippen LogP contribution in [0.5, 0.6) is 6.01 Å². The van der Waals surface area contributed by atoms with Gasteiger partial charge >= 0.3 is 17.7 Å². The number of hydrogen-bond acceptors (Lipinski definition) is 10. The number of anilines is 2. The number of nitrogens with two attached hydrogens (primary N) is 1. The van der Waals surface area contributed by atoms with Crippen molar-refractivity contribution in [3.63, 3.8) is 0 Å². The molecule has 11 nitrogen and oxygen atoms in total. The van der Waals surface area contributed by atoms with Crippen molar-refractivity contribution in [3.8, 4) is 6.01 Å². The number of nitrogens with zero attached hydrogens (tertiary/aromatic N) is 4. The molecule has 2 heterocycles. The van der Waals surface area contributed by atoms with Crippen LogP contribution in [-0.4, -0.2) is 58.4 Å². The predicted octanol–water partition coefficient (Wildman–Crippen LogP) is 0.258. The molecule has 138 valence electrons. The van der Waals surface area contributed by atoms with Crippen molar-refractivity contribution < 1.29 is 24.3 Å². The van der Waals surface area contributed by atoms with Gasteiger partial charge in [0.25, 0.3) is 0 Å². The van der Waals surface area contributed by atoms with Gasteiger partial charge in [-0.1, -0.05) is 13.3 Å². The molecule has 0 saturated carbocycles. The highest BCUT2D eigenvalue weighted by Gasteiger charge is 2.42. The molecule has 1 aliphatic heterocycles. The number of nitrogen functional groups attached to an aromatic ring is 1. The summed E-state index contributed by atoms with van der Waals surface area (Å²) in [5, 5.41) is 21.3. The van der Waals surface area contributed by atoms with Crippen LogP contribution in [0.3, 0.4) is 0 Å². The van der Waals surface area contributed by atoms with E-state index < -0.39 is 28.7 Å². The number of aromatic nitrogens is 2. The Kier molecular flexibility index (Phi) is 5.91. The van der Waals surface area contributed by atoms with Gasteiger partial charge < -0.3 is 25.2 Å². The summed E-state index contributed by atoms with van der Waals surface area (Å²) in [6.45, 7) is 2.29. The monoisotopic (exact) mass is 355 g/mol. The van der Waals surface area contributed by atoms with Crippen molar-refractivity contribution in [2.24, 2.45) is 0 Å². The Labute approximate surface area is 143 Å². The topological polar surface area (TPSA) is 154 Å². The highest BCUT2D eigenvalue weighted by Crippen LogP contribution is 2.36. The van der Waals surface area contributed by atoms with Gasteiger partial charge in [-0.2, -0.15) is 9.97 Å². The molecule has 2 rings (SSSR count). The van der Waals surface area contributed by atoms with Crippen LogP contribution in [0.1, 0.15) is 26.2 Å². The number of carbonyl (C=O) groups excluding carboxylic acids is 1. The molecule has 0 bridgehead atoms. The number of esters is 1. The number of ether oxygens (including phenoxy) is 2. The van der Waals surface area contributed by atoms with E-state index in [1.165, 1.54) is 12.0 Å². The van der Waals surface area contributed by atoms with Gasteiger partial charge in [0.1, 0.15) is 6.04 Å². The van der Waals surface area contributed by atoms with E-state index in [1.54, 1.807) is 0 Å². The second kappa shape index (κ2) is 7.92. The SMILES string of the molecule is CCCCOc1nc(N)c([N+](=O)[O-])c(N2C[C@H](O)C[C@H]2C(=O)OC)n1. The quantitative estimate of drug-likeness (QED) is 0.301. The molecule has 0 aliphatic carbocycles. The molecule has 0 unspecified atom stereocenters. The number of methoxy groups -OCH3 is 1. The van der Waals surface area contributed by atoms with E-state index in [9.17, 15) is 20.0 Å². The maximum atomic E-state index is 12.0. The van der Waals surface area contributed by atoms with E-state index in [0.29, 0.717) is 6.61 Å². The van der Waals surface area contributed by atoms with Crippen LogP contribution in [0.25, 0.3) is 0 Å². The van der Waals surface area contributed by atoms with E-state index in [-0.39, 0.29) is 30.6 Å². The van der Waals surface area contributed by atoms with Crippen LogP contribution in [0.2, 0.25) is 0 Å².